The van der Waals surface area contributed by atoms with Crippen molar-refractivity contribution in [2.75, 3.05) is 18.0 Å². The van der Waals surface area contributed by atoms with E-state index in [1.165, 1.54) is 0 Å². The number of aromatic nitrogens is 1. The SMILES string of the molecule is Cc1nc(N2CCC(N)C(C)C2)c(Cl)cc1C#N. The van der Waals surface area contributed by atoms with Crippen LogP contribution in [0.5, 0.6) is 0 Å². The number of hydrogen-bond donors (Lipinski definition) is 1. The Hall–Kier alpha value is -1.31. The van der Waals surface area contributed by atoms with E-state index in [2.05, 4.69) is 22.9 Å². The van der Waals surface area contributed by atoms with Crippen molar-refractivity contribution in [2.24, 2.45) is 11.7 Å². The molecule has 1 saturated heterocycles. The highest BCUT2D eigenvalue weighted by atomic mass is 35.5. The Morgan fingerprint density at radius 2 is 2.33 bits per heavy atom. The second-order valence-corrected chi connectivity index (χ2v) is 5.32. The van der Waals surface area contributed by atoms with Gasteiger partial charge >= 0.3 is 0 Å². The number of hydrogen-bond acceptors (Lipinski definition) is 4. The molecule has 1 fully saturated rings. The molecule has 0 saturated carbocycles. The number of nitriles is 1. The number of nitrogens with zero attached hydrogens (tertiary/aromatic N) is 3. The molecule has 1 aromatic rings. The van der Waals surface area contributed by atoms with Crippen molar-refractivity contribution in [2.45, 2.75) is 26.3 Å². The van der Waals surface area contributed by atoms with Gasteiger partial charge in [0.1, 0.15) is 11.9 Å². The van der Waals surface area contributed by atoms with Crippen LogP contribution < -0.4 is 10.6 Å². The van der Waals surface area contributed by atoms with Gasteiger partial charge in [0.2, 0.25) is 0 Å². The molecular formula is C13H17ClN4. The van der Waals surface area contributed by atoms with Gasteiger partial charge in [-0.25, -0.2) is 4.98 Å². The van der Waals surface area contributed by atoms with Crippen molar-refractivity contribution in [3.8, 4) is 6.07 Å². The van der Waals surface area contributed by atoms with E-state index >= 15 is 0 Å². The van der Waals surface area contributed by atoms with Crippen LogP contribution in [0.2, 0.25) is 5.02 Å². The Bertz CT molecular complexity index is 494. The first-order valence-corrected chi connectivity index (χ1v) is 6.48. The predicted octanol–water partition coefficient (Wildman–Crippen LogP) is 2.09. The molecule has 1 aliphatic heterocycles. The van der Waals surface area contributed by atoms with Crippen LogP contribution in [0.25, 0.3) is 0 Å². The molecular weight excluding hydrogens is 248 g/mol. The summed E-state index contributed by atoms with van der Waals surface area (Å²) in [6, 6.07) is 4.04. The second kappa shape index (κ2) is 5.13. The lowest BCUT2D eigenvalue weighted by Gasteiger charge is -2.36. The maximum atomic E-state index is 8.94. The van der Waals surface area contributed by atoms with Crippen LogP contribution in [-0.2, 0) is 0 Å². The third-order valence-electron chi connectivity index (χ3n) is 3.54. The normalized spacial score (nSPS) is 23.8. The molecule has 0 spiro atoms. The van der Waals surface area contributed by atoms with Crippen molar-refractivity contribution in [1.82, 2.24) is 4.98 Å². The molecule has 2 heterocycles. The fourth-order valence-electron chi connectivity index (χ4n) is 2.26. The maximum absolute atomic E-state index is 8.94. The van der Waals surface area contributed by atoms with Gasteiger partial charge in [-0.1, -0.05) is 18.5 Å². The van der Waals surface area contributed by atoms with Gasteiger partial charge in [0.15, 0.2) is 0 Å². The van der Waals surface area contributed by atoms with Crippen LogP contribution in [0, 0.1) is 24.2 Å². The summed E-state index contributed by atoms with van der Waals surface area (Å²) in [4.78, 5) is 6.61. The topological polar surface area (TPSA) is 65.9 Å². The fourth-order valence-corrected chi connectivity index (χ4v) is 2.53. The number of anilines is 1. The number of nitrogens with two attached hydrogens (primary N) is 1. The molecule has 96 valence electrons. The van der Waals surface area contributed by atoms with Gasteiger partial charge in [0.05, 0.1) is 16.3 Å². The minimum absolute atomic E-state index is 0.250. The molecule has 0 aromatic carbocycles. The maximum Gasteiger partial charge on any atom is 0.147 e. The van der Waals surface area contributed by atoms with Crippen LogP contribution in [0.15, 0.2) is 6.07 Å². The van der Waals surface area contributed by atoms with Gasteiger partial charge in [-0.2, -0.15) is 5.26 Å². The number of aryl methyl sites for hydroxylation is 1. The summed E-state index contributed by atoms with van der Waals surface area (Å²) in [7, 11) is 0. The lowest BCUT2D eigenvalue weighted by molar-refractivity contribution is 0.381. The highest BCUT2D eigenvalue weighted by Crippen LogP contribution is 2.29. The van der Waals surface area contributed by atoms with E-state index < -0.39 is 0 Å². The minimum atomic E-state index is 0.250. The molecule has 0 bridgehead atoms. The number of rotatable bonds is 1. The quantitative estimate of drug-likeness (QED) is 0.843. The van der Waals surface area contributed by atoms with Crippen molar-refractivity contribution in [3.05, 3.63) is 22.3 Å². The van der Waals surface area contributed by atoms with E-state index in [-0.39, 0.29) is 6.04 Å². The van der Waals surface area contributed by atoms with E-state index in [1.807, 2.05) is 6.92 Å². The molecule has 0 radical (unpaired) electrons. The van der Waals surface area contributed by atoms with E-state index in [0.29, 0.717) is 16.5 Å². The summed E-state index contributed by atoms with van der Waals surface area (Å²) in [5, 5.41) is 9.48. The lowest BCUT2D eigenvalue weighted by atomic mass is 9.95. The first-order valence-electron chi connectivity index (χ1n) is 6.10. The monoisotopic (exact) mass is 264 g/mol. The van der Waals surface area contributed by atoms with E-state index in [9.17, 15) is 0 Å². The molecule has 2 N–H and O–H groups in total. The standard InChI is InChI=1S/C13H17ClN4/c1-8-7-18(4-3-12(8)16)13-11(14)5-10(6-15)9(2)17-13/h5,8,12H,3-4,7,16H2,1-2H3. The number of piperidine rings is 1. The molecule has 2 unspecified atom stereocenters. The molecule has 5 heteroatoms. The number of halogens is 1. The van der Waals surface area contributed by atoms with Crippen LogP contribution in [0.4, 0.5) is 5.82 Å². The smallest absolute Gasteiger partial charge is 0.147 e. The third kappa shape index (κ3) is 2.43. The van der Waals surface area contributed by atoms with Gasteiger partial charge in [-0.3, -0.25) is 0 Å². The van der Waals surface area contributed by atoms with Gasteiger partial charge in [0.25, 0.3) is 0 Å². The van der Waals surface area contributed by atoms with Gasteiger partial charge in [-0.05, 0) is 25.3 Å². The summed E-state index contributed by atoms with van der Waals surface area (Å²) in [6.45, 7) is 5.70. The Morgan fingerprint density at radius 3 is 2.94 bits per heavy atom. The zero-order valence-electron chi connectivity index (χ0n) is 10.7. The average molecular weight is 265 g/mol. The molecule has 0 amide bonds. The second-order valence-electron chi connectivity index (χ2n) is 4.91. The molecule has 4 nitrogen and oxygen atoms in total. The van der Waals surface area contributed by atoms with Crippen molar-refractivity contribution in [1.29, 1.82) is 5.26 Å². The van der Waals surface area contributed by atoms with E-state index in [1.54, 1.807) is 6.07 Å². The van der Waals surface area contributed by atoms with Crippen molar-refractivity contribution < 1.29 is 0 Å². The van der Waals surface area contributed by atoms with Crippen LogP contribution in [0.1, 0.15) is 24.6 Å². The summed E-state index contributed by atoms with van der Waals surface area (Å²) in [5.41, 5.74) is 7.26. The Balaban J connectivity index is 2.29. The van der Waals surface area contributed by atoms with Gasteiger partial charge in [-0.15, -0.1) is 0 Å². The summed E-state index contributed by atoms with van der Waals surface area (Å²) in [5.74, 6) is 1.19. The molecule has 1 aromatic heterocycles. The fraction of sp³-hybridized carbons (Fsp3) is 0.538. The first-order chi connectivity index (χ1) is 8.52. The van der Waals surface area contributed by atoms with Crippen LogP contribution in [-0.4, -0.2) is 24.1 Å². The molecule has 1 aliphatic rings. The van der Waals surface area contributed by atoms with Crippen LogP contribution in [0.3, 0.4) is 0 Å². The Labute approximate surface area is 112 Å². The third-order valence-corrected chi connectivity index (χ3v) is 3.82. The summed E-state index contributed by atoms with van der Waals surface area (Å²) < 4.78 is 0. The first kappa shape index (κ1) is 13.1. The van der Waals surface area contributed by atoms with E-state index in [0.717, 1.165) is 31.0 Å². The largest absolute Gasteiger partial charge is 0.355 e. The van der Waals surface area contributed by atoms with Crippen LogP contribution >= 0.6 is 11.6 Å². The molecule has 2 atom stereocenters. The zero-order chi connectivity index (χ0) is 13.3. The van der Waals surface area contributed by atoms with Crippen molar-refractivity contribution in [3.63, 3.8) is 0 Å². The lowest BCUT2D eigenvalue weighted by Crippen LogP contribution is -2.46. The van der Waals surface area contributed by atoms with Crippen molar-refractivity contribution >= 4 is 17.4 Å². The minimum Gasteiger partial charge on any atom is -0.355 e. The summed E-state index contributed by atoms with van der Waals surface area (Å²) >= 11 is 6.21. The molecule has 0 aliphatic carbocycles. The number of pyridine rings is 1. The summed E-state index contributed by atoms with van der Waals surface area (Å²) in [6.07, 6.45) is 0.943. The Kier molecular flexibility index (Phi) is 3.74. The Morgan fingerprint density at radius 1 is 1.61 bits per heavy atom. The van der Waals surface area contributed by atoms with Gasteiger partial charge in [0, 0.05) is 19.1 Å². The predicted molar refractivity (Wildman–Crippen MR) is 72.7 cm³/mol. The average Bonchev–Trinajstić information content (AvgIpc) is 2.35. The highest BCUT2D eigenvalue weighted by molar-refractivity contribution is 6.33. The van der Waals surface area contributed by atoms with Gasteiger partial charge < -0.3 is 10.6 Å². The highest BCUT2D eigenvalue weighted by Gasteiger charge is 2.25. The van der Waals surface area contributed by atoms with E-state index in [4.69, 9.17) is 22.6 Å². The molecule has 2 rings (SSSR count). The zero-order valence-corrected chi connectivity index (χ0v) is 11.4. The molecule has 18 heavy (non-hydrogen) atoms.